The van der Waals surface area contributed by atoms with Gasteiger partial charge in [-0.2, -0.15) is 0 Å². The predicted molar refractivity (Wildman–Crippen MR) is 88.8 cm³/mol. The Morgan fingerprint density at radius 1 is 1.22 bits per heavy atom. The highest BCUT2D eigenvalue weighted by Crippen LogP contribution is 2.43. The quantitative estimate of drug-likeness (QED) is 0.796. The van der Waals surface area contributed by atoms with Gasteiger partial charge in [0.25, 0.3) is 0 Å². The standard InChI is InChI=1S/C17H30N4O2/c1-13(22)19(2)15-6-9-20(12-15)10-11-21-14-4-3-7-17(21,8-5-14)16(18)23/h14-15H,3-12H2,1-2H3,(H2,18,23)/t14-,15?,17+/m1/s1. The Morgan fingerprint density at radius 2 is 2.00 bits per heavy atom. The number of amides is 2. The van der Waals surface area contributed by atoms with Crippen LogP contribution in [0.15, 0.2) is 0 Å². The van der Waals surface area contributed by atoms with Gasteiger partial charge in [-0.15, -0.1) is 0 Å². The summed E-state index contributed by atoms with van der Waals surface area (Å²) in [6, 6.07) is 0.866. The first-order chi connectivity index (χ1) is 10.9. The number of carbonyl (C=O) groups is 2. The van der Waals surface area contributed by atoms with Crippen molar-refractivity contribution < 1.29 is 9.59 Å². The van der Waals surface area contributed by atoms with Crippen molar-refractivity contribution in [3.8, 4) is 0 Å². The maximum atomic E-state index is 12.1. The lowest BCUT2D eigenvalue weighted by atomic mass is 9.87. The van der Waals surface area contributed by atoms with Crippen molar-refractivity contribution in [3.05, 3.63) is 0 Å². The van der Waals surface area contributed by atoms with Gasteiger partial charge in [0.15, 0.2) is 0 Å². The molecule has 0 radical (unpaired) electrons. The minimum Gasteiger partial charge on any atom is -0.368 e. The molecule has 0 saturated carbocycles. The fraction of sp³-hybridized carbons (Fsp3) is 0.882. The van der Waals surface area contributed by atoms with Gasteiger partial charge in [0.2, 0.25) is 11.8 Å². The molecule has 6 heteroatoms. The van der Waals surface area contributed by atoms with Crippen LogP contribution in [-0.2, 0) is 9.59 Å². The lowest BCUT2D eigenvalue weighted by Crippen LogP contribution is -2.59. The number of likely N-dealkylation sites (tertiary alicyclic amines) is 1. The van der Waals surface area contributed by atoms with E-state index in [4.69, 9.17) is 5.73 Å². The molecule has 2 amide bonds. The first kappa shape index (κ1) is 16.7. The second-order valence-electron chi connectivity index (χ2n) is 7.55. The van der Waals surface area contributed by atoms with Gasteiger partial charge in [0, 0.05) is 52.2 Å². The normalized spacial score (nSPS) is 34.7. The van der Waals surface area contributed by atoms with Crippen molar-refractivity contribution in [2.45, 2.75) is 63.1 Å². The topological polar surface area (TPSA) is 69.9 Å². The molecule has 3 heterocycles. The minimum atomic E-state index is -0.377. The maximum Gasteiger partial charge on any atom is 0.237 e. The molecule has 23 heavy (non-hydrogen) atoms. The van der Waals surface area contributed by atoms with Gasteiger partial charge < -0.3 is 10.6 Å². The molecule has 0 aromatic heterocycles. The van der Waals surface area contributed by atoms with E-state index in [0.717, 1.165) is 58.3 Å². The Bertz CT molecular complexity index is 479. The highest BCUT2D eigenvalue weighted by atomic mass is 16.2. The van der Waals surface area contributed by atoms with Crippen LogP contribution in [0.1, 0.15) is 45.4 Å². The van der Waals surface area contributed by atoms with E-state index in [-0.39, 0.29) is 17.4 Å². The first-order valence-electron chi connectivity index (χ1n) is 8.96. The molecule has 6 nitrogen and oxygen atoms in total. The zero-order valence-corrected chi connectivity index (χ0v) is 14.5. The molecular formula is C17H30N4O2. The number of hydrogen-bond acceptors (Lipinski definition) is 4. The lowest BCUT2D eigenvalue weighted by Gasteiger charge is -2.43. The molecule has 3 aliphatic rings. The molecule has 3 saturated heterocycles. The van der Waals surface area contributed by atoms with E-state index in [1.807, 2.05) is 11.9 Å². The number of rotatable bonds is 5. The van der Waals surface area contributed by atoms with Gasteiger partial charge in [-0.3, -0.25) is 19.4 Å². The molecule has 2 bridgehead atoms. The highest BCUT2D eigenvalue weighted by Gasteiger charge is 2.52. The van der Waals surface area contributed by atoms with Crippen molar-refractivity contribution >= 4 is 11.8 Å². The largest absolute Gasteiger partial charge is 0.368 e. The molecule has 0 spiro atoms. The van der Waals surface area contributed by atoms with Crippen molar-refractivity contribution in [2.24, 2.45) is 5.73 Å². The van der Waals surface area contributed by atoms with E-state index < -0.39 is 0 Å². The number of carbonyl (C=O) groups excluding carboxylic acids is 2. The summed E-state index contributed by atoms with van der Waals surface area (Å²) >= 11 is 0. The first-order valence-corrected chi connectivity index (χ1v) is 8.96. The smallest absolute Gasteiger partial charge is 0.237 e. The van der Waals surface area contributed by atoms with E-state index in [1.54, 1.807) is 6.92 Å². The highest BCUT2D eigenvalue weighted by molar-refractivity contribution is 5.85. The molecule has 130 valence electrons. The van der Waals surface area contributed by atoms with Gasteiger partial charge in [-0.25, -0.2) is 0 Å². The number of nitrogens with zero attached hydrogens (tertiary/aromatic N) is 3. The monoisotopic (exact) mass is 322 g/mol. The van der Waals surface area contributed by atoms with Gasteiger partial charge in [0.05, 0.1) is 0 Å². The predicted octanol–water partition coefficient (Wildman–Crippen LogP) is 0.411. The number of fused-ring (bicyclic) bond motifs is 2. The average Bonchev–Trinajstić information content (AvgIpc) is 3.05. The van der Waals surface area contributed by atoms with Crippen molar-refractivity contribution in [1.29, 1.82) is 0 Å². The summed E-state index contributed by atoms with van der Waals surface area (Å²) in [7, 11) is 1.89. The number of piperidine rings is 1. The Hall–Kier alpha value is -1.14. The Labute approximate surface area is 139 Å². The van der Waals surface area contributed by atoms with E-state index in [0.29, 0.717) is 12.1 Å². The SMILES string of the molecule is CC(=O)N(C)C1CCN(CCN2[C@@H]3CCC[C@@]2(C(N)=O)CC3)C1. The Morgan fingerprint density at radius 3 is 2.70 bits per heavy atom. The van der Waals surface area contributed by atoms with Crippen LogP contribution in [0.3, 0.4) is 0 Å². The lowest BCUT2D eigenvalue weighted by molar-refractivity contribution is -0.132. The molecule has 0 aromatic carbocycles. The summed E-state index contributed by atoms with van der Waals surface area (Å²) in [5, 5.41) is 0. The van der Waals surface area contributed by atoms with Crippen molar-refractivity contribution in [2.75, 3.05) is 33.2 Å². The second-order valence-corrected chi connectivity index (χ2v) is 7.55. The number of primary amides is 1. The van der Waals surface area contributed by atoms with Crippen LogP contribution < -0.4 is 5.73 Å². The van der Waals surface area contributed by atoms with Crippen LogP contribution in [-0.4, -0.2) is 77.4 Å². The summed E-state index contributed by atoms with van der Waals surface area (Å²) in [6.45, 7) is 5.49. The van der Waals surface area contributed by atoms with E-state index in [2.05, 4.69) is 9.80 Å². The molecule has 3 rings (SSSR count). The zero-order valence-electron chi connectivity index (χ0n) is 14.5. The molecule has 0 aromatic rings. The van der Waals surface area contributed by atoms with E-state index in [1.165, 1.54) is 6.42 Å². The molecule has 2 N–H and O–H groups in total. The third-order valence-corrected chi connectivity index (χ3v) is 6.42. The van der Waals surface area contributed by atoms with Crippen LogP contribution >= 0.6 is 0 Å². The fourth-order valence-corrected chi connectivity index (χ4v) is 4.88. The maximum absolute atomic E-state index is 12.1. The number of likely N-dealkylation sites (N-methyl/N-ethyl adjacent to an activating group) is 1. The van der Waals surface area contributed by atoms with Crippen LogP contribution in [0.2, 0.25) is 0 Å². The summed E-state index contributed by atoms with van der Waals surface area (Å²) in [5.41, 5.74) is 5.39. The average molecular weight is 322 g/mol. The zero-order chi connectivity index (χ0) is 16.6. The fourth-order valence-electron chi connectivity index (χ4n) is 4.88. The molecule has 3 aliphatic heterocycles. The second kappa shape index (κ2) is 6.40. The van der Waals surface area contributed by atoms with Gasteiger partial charge in [0.1, 0.15) is 5.54 Å². The van der Waals surface area contributed by atoms with Crippen molar-refractivity contribution in [1.82, 2.24) is 14.7 Å². The number of hydrogen-bond donors (Lipinski definition) is 1. The van der Waals surface area contributed by atoms with Crippen LogP contribution in [0.5, 0.6) is 0 Å². The molecule has 3 fully saturated rings. The van der Waals surface area contributed by atoms with Crippen LogP contribution in [0, 0.1) is 0 Å². The summed E-state index contributed by atoms with van der Waals surface area (Å²) < 4.78 is 0. The molecule has 1 unspecified atom stereocenters. The van der Waals surface area contributed by atoms with E-state index in [9.17, 15) is 9.59 Å². The summed E-state index contributed by atoms with van der Waals surface area (Å²) in [6.07, 6.45) is 6.33. The molecule has 3 atom stereocenters. The Balaban J connectivity index is 1.56. The number of nitrogens with two attached hydrogens (primary N) is 1. The third kappa shape index (κ3) is 2.98. The molecular weight excluding hydrogens is 292 g/mol. The summed E-state index contributed by atoms with van der Waals surface area (Å²) in [4.78, 5) is 30.3. The third-order valence-electron chi connectivity index (χ3n) is 6.42. The van der Waals surface area contributed by atoms with Crippen molar-refractivity contribution in [3.63, 3.8) is 0 Å². The van der Waals surface area contributed by atoms with Gasteiger partial charge >= 0.3 is 0 Å². The minimum absolute atomic E-state index is 0.129. The van der Waals surface area contributed by atoms with Gasteiger partial charge in [-0.1, -0.05) is 0 Å². The Kier molecular flexibility index (Phi) is 4.65. The van der Waals surface area contributed by atoms with Gasteiger partial charge in [-0.05, 0) is 38.5 Å². The van der Waals surface area contributed by atoms with Crippen LogP contribution in [0.25, 0.3) is 0 Å². The summed E-state index contributed by atoms with van der Waals surface area (Å²) in [5.74, 6) is 0.00826. The molecule has 0 aliphatic carbocycles. The van der Waals surface area contributed by atoms with Crippen LogP contribution in [0.4, 0.5) is 0 Å². The van der Waals surface area contributed by atoms with E-state index >= 15 is 0 Å².